The van der Waals surface area contributed by atoms with Crippen LogP contribution in [0.1, 0.15) is 18.6 Å². The van der Waals surface area contributed by atoms with E-state index in [0.29, 0.717) is 11.5 Å². The summed E-state index contributed by atoms with van der Waals surface area (Å²) >= 11 is 6.84. The normalized spacial score (nSPS) is 14.2. The smallest absolute Gasteiger partial charge is 0.277 e. The quantitative estimate of drug-likeness (QED) is 0.513. The Labute approximate surface area is 162 Å². The summed E-state index contributed by atoms with van der Waals surface area (Å²) < 4.78 is 13.0. The van der Waals surface area contributed by atoms with Crippen LogP contribution in [0.5, 0.6) is 5.75 Å². The van der Waals surface area contributed by atoms with Crippen molar-refractivity contribution in [3.8, 4) is 5.75 Å². The first-order valence-corrected chi connectivity index (χ1v) is 9.45. The number of anilines is 1. The number of hydrazone groups is 1. The molecule has 0 unspecified atom stereocenters. The van der Waals surface area contributed by atoms with Crippen molar-refractivity contribution in [1.29, 1.82) is 0 Å². The molecule has 0 atom stereocenters. The lowest BCUT2D eigenvalue weighted by molar-refractivity contribution is -0.123. The molecule has 2 heterocycles. The Morgan fingerprint density at radius 2 is 2.00 bits per heavy atom. The number of nitrogens with zero attached hydrogens (tertiary/aromatic N) is 2. The summed E-state index contributed by atoms with van der Waals surface area (Å²) in [6.45, 7) is 1.87. The van der Waals surface area contributed by atoms with Crippen molar-refractivity contribution in [3.63, 3.8) is 0 Å². The Kier molecular flexibility index (Phi) is 6.14. The van der Waals surface area contributed by atoms with Crippen molar-refractivity contribution >= 4 is 49.9 Å². The minimum Gasteiger partial charge on any atom is -0.484 e. The van der Waals surface area contributed by atoms with Crippen LogP contribution in [-0.4, -0.2) is 31.8 Å². The zero-order valence-electron chi connectivity index (χ0n) is 13.4. The largest absolute Gasteiger partial charge is 0.484 e. The van der Waals surface area contributed by atoms with Gasteiger partial charge in [0.1, 0.15) is 5.75 Å². The van der Waals surface area contributed by atoms with Crippen LogP contribution in [0.3, 0.4) is 0 Å². The second kappa shape index (κ2) is 8.53. The Morgan fingerprint density at radius 3 is 2.72 bits per heavy atom. The van der Waals surface area contributed by atoms with Crippen LogP contribution < -0.4 is 15.1 Å². The summed E-state index contributed by atoms with van der Waals surface area (Å²) in [5.74, 6) is 1.66. The first-order valence-electron chi connectivity index (χ1n) is 7.86. The number of hydrogen-bond acceptors (Lipinski definition) is 5. The molecule has 1 aliphatic rings. The van der Waals surface area contributed by atoms with Crippen LogP contribution in [0, 0.1) is 0 Å². The summed E-state index contributed by atoms with van der Waals surface area (Å²) in [5.41, 5.74) is 2.42. The fourth-order valence-corrected chi connectivity index (χ4v) is 3.28. The number of hydrogen-bond donors (Lipinski definition) is 1. The van der Waals surface area contributed by atoms with E-state index in [1.54, 1.807) is 12.1 Å². The molecule has 132 valence electrons. The van der Waals surface area contributed by atoms with Crippen molar-refractivity contribution in [3.05, 3.63) is 45.0 Å². The van der Waals surface area contributed by atoms with Gasteiger partial charge < -0.3 is 14.1 Å². The Hall–Kier alpha value is -1.80. The van der Waals surface area contributed by atoms with Crippen LogP contribution in [0.25, 0.3) is 0 Å². The zero-order chi connectivity index (χ0) is 17.6. The lowest BCUT2D eigenvalue weighted by Crippen LogP contribution is -2.24. The molecule has 6 nitrogen and oxygen atoms in total. The number of amides is 1. The molecule has 0 bridgehead atoms. The zero-order valence-corrected chi connectivity index (χ0v) is 16.5. The van der Waals surface area contributed by atoms with E-state index < -0.39 is 0 Å². The fourth-order valence-electron chi connectivity index (χ4n) is 2.46. The van der Waals surface area contributed by atoms with Crippen molar-refractivity contribution in [2.45, 2.75) is 12.8 Å². The second-order valence-corrected chi connectivity index (χ2v) is 7.30. The third kappa shape index (κ3) is 5.09. The second-order valence-electron chi connectivity index (χ2n) is 5.53. The van der Waals surface area contributed by atoms with Gasteiger partial charge >= 0.3 is 0 Å². The molecule has 1 fully saturated rings. The Bertz CT molecular complexity index is 753. The van der Waals surface area contributed by atoms with Crippen LogP contribution in [0.4, 0.5) is 5.88 Å². The van der Waals surface area contributed by atoms with Crippen molar-refractivity contribution in [2.75, 3.05) is 24.6 Å². The summed E-state index contributed by atoms with van der Waals surface area (Å²) in [7, 11) is 0. The maximum Gasteiger partial charge on any atom is 0.277 e. The number of halogens is 2. The topological polar surface area (TPSA) is 67.1 Å². The van der Waals surface area contributed by atoms with Crippen LogP contribution in [-0.2, 0) is 4.79 Å². The Morgan fingerprint density at radius 1 is 1.28 bits per heavy atom. The first kappa shape index (κ1) is 18.0. The molecule has 0 radical (unpaired) electrons. The van der Waals surface area contributed by atoms with Crippen LogP contribution >= 0.6 is 31.9 Å². The highest BCUT2D eigenvalue weighted by molar-refractivity contribution is 9.10. The molecule has 8 heteroatoms. The molecule has 0 aliphatic carbocycles. The van der Waals surface area contributed by atoms with Gasteiger partial charge in [0.05, 0.1) is 10.7 Å². The number of furan rings is 1. The summed E-state index contributed by atoms with van der Waals surface area (Å²) in [5, 5.41) is 3.90. The van der Waals surface area contributed by atoms with Gasteiger partial charge in [0.25, 0.3) is 5.91 Å². The average molecular weight is 471 g/mol. The van der Waals surface area contributed by atoms with E-state index in [9.17, 15) is 4.79 Å². The highest BCUT2D eigenvalue weighted by Crippen LogP contribution is 2.31. The van der Waals surface area contributed by atoms with Gasteiger partial charge in [-0.2, -0.15) is 5.10 Å². The number of carbonyl (C=O) groups excluding carboxylic acids is 1. The molecule has 25 heavy (non-hydrogen) atoms. The molecular weight excluding hydrogens is 454 g/mol. The minimum absolute atomic E-state index is 0.111. The van der Waals surface area contributed by atoms with Crippen LogP contribution in [0.15, 0.2) is 48.8 Å². The van der Waals surface area contributed by atoms with Gasteiger partial charge in [-0.25, -0.2) is 5.43 Å². The van der Waals surface area contributed by atoms with E-state index in [2.05, 4.69) is 47.3 Å². The number of benzene rings is 1. The minimum atomic E-state index is -0.343. The van der Waals surface area contributed by atoms with Gasteiger partial charge in [-0.05, 0) is 53.0 Å². The maximum absolute atomic E-state index is 11.7. The molecule has 3 rings (SSSR count). The van der Waals surface area contributed by atoms with Crippen molar-refractivity contribution in [2.24, 2.45) is 5.10 Å². The number of ether oxygens (including phenoxy) is 1. The molecule has 2 aromatic rings. The van der Waals surface area contributed by atoms with Crippen LogP contribution in [0.2, 0.25) is 0 Å². The lowest BCUT2D eigenvalue weighted by Gasteiger charge is -2.13. The van der Waals surface area contributed by atoms with Crippen molar-refractivity contribution in [1.82, 2.24) is 5.43 Å². The molecule has 1 N–H and O–H groups in total. The van der Waals surface area contributed by atoms with E-state index in [1.807, 2.05) is 18.2 Å². The first-order chi connectivity index (χ1) is 12.1. The van der Waals surface area contributed by atoms with E-state index in [0.717, 1.165) is 27.9 Å². The van der Waals surface area contributed by atoms with Gasteiger partial charge in [-0.3, -0.25) is 4.79 Å². The number of rotatable bonds is 6. The molecule has 1 aliphatic heterocycles. The summed E-state index contributed by atoms with van der Waals surface area (Å²) in [4.78, 5) is 13.9. The summed E-state index contributed by atoms with van der Waals surface area (Å²) in [6.07, 6.45) is 3.82. The van der Waals surface area contributed by atoms with Crippen molar-refractivity contribution < 1.29 is 13.9 Å². The summed E-state index contributed by atoms with van der Waals surface area (Å²) in [6, 6.07) is 9.08. The molecule has 0 saturated carbocycles. The van der Waals surface area contributed by atoms with Gasteiger partial charge in [0, 0.05) is 23.6 Å². The van der Waals surface area contributed by atoms with Gasteiger partial charge in [-0.15, -0.1) is 0 Å². The SMILES string of the molecule is O=C(COc1ccc(Br)cc1)N/N=C\c1cc(Br)c(N2CCCC2)o1. The highest BCUT2D eigenvalue weighted by Gasteiger charge is 2.19. The molecule has 1 amide bonds. The molecular formula is C17H17Br2N3O3. The number of carbonyl (C=O) groups is 1. The molecule has 1 aromatic carbocycles. The third-order valence-corrected chi connectivity index (χ3v) is 4.74. The fraction of sp³-hybridized carbons (Fsp3) is 0.294. The standard InChI is InChI=1S/C17H17Br2N3O3/c18-12-3-5-13(6-4-12)24-11-16(23)21-20-10-14-9-15(19)17(25-14)22-7-1-2-8-22/h3-6,9-10H,1-2,7-8,11H2,(H,21,23)/b20-10-. The molecule has 1 saturated heterocycles. The monoisotopic (exact) mass is 469 g/mol. The van der Waals surface area contributed by atoms with E-state index in [4.69, 9.17) is 9.15 Å². The third-order valence-electron chi connectivity index (χ3n) is 3.65. The Balaban J connectivity index is 1.48. The van der Waals surface area contributed by atoms with E-state index in [1.165, 1.54) is 19.1 Å². The molecule has 1 aromatic heterocycles. The lowest BCUT2D eigenvalue weighted by atomic mass is 10.3. The highest BCUT2D eigenvalue weighted by atomic mass is 79.9. The molecule has 0 spiro atoms. The number of nitrogens with one attached hydrogen (secondary N) is 1. The predicted octanol–water partition coefficient (Wildman–Crippen LogP) is 3.93. The van der Waals surface area contributed by atoms with Gasteiger partial charge in [-0.1, -0.05) is 15.9 Å². The maximum atomic E-state index is 11.7. The van der Waals surface area contributed by atoms with Gasteiger partial charge in [0.15, 0.2) is 12.4 Å². The van der Waals surface area contributed by atoms with E-state index in [-0.39, 0.29) is 12.5 Å². The predicted molar refractivity (Wildman–Crippen MR) is 103 cm³/mol. The average Bonchev–Trinajstić information content (AvgIpc) is 3.24. The van der Waals surface area contributed by atoms with Gasteiger partial charge in [0.2, 0.25) is 5.88 Å². The van der Waals surface area contributed by atoms with E-state index >= 15 is 0 Å².